The highest BCUT2D eigenvalue weighted by Gasteiger charge is 2.16. The maximum absolute atomic E-state index is 12.3. The van der Waals surface area contributed by atoms with Crippen molar-refractivity contribution in [2.75, 3.05) is 18.5 Å². The normalized spacial score (nSPS) is 13.8. The number of nitriles is 1. The Labute approximate surface area is 201 Å². The fraction of sp³-hybridized carbons (Fsp3) is 0.200. The fourth-order valence-electron chi connectivity index (χ4n) is 3.89. The summed E-state index contributed by atoms with van der Waals surface area (Å²) in [4.78, 5) is 26.0. The summed E-state index contributed by atoms with van der Waals surface area (Å²) in [6.45, 7) is 2.82. The number of hydrazone groups is 1. The first-order chi connectivity index (χ1) is 17.2. The Kier molecular flexibility index (Phi) is 6.41. The molecule has 3 heterocycles. The van der Waals surface area contributed by atoms with Crippen molar-refractivity contribution in [3.8, 4) is 28.7 Å². The first-order valence-electron chi connectivity index (χ1n) is 11.2. The Hall–Kier alpha value is -4.62. The number of aromatic amines is 1. The molecule has 0 radical (unpaired) electrons. The van der Waals surface area contributed by atoms with Crippen molar-refractivity contribution in [1.29, 1.82) is 5.26 Å². The first-order valence-corrected chi connectivity index (χ1v) is 11.2. The summed E-state index contributed by atoms with van der Waals surface area (Å²) >= 11 is 0. The minimum absolute atomic E-state index is 0.0497. The van der Waals surface area contributed by atoms with E-state index in [1.807, 2.05) is 48.5 Å². The molecule has 10 heteroatoms. The van der Waals surface area contributed by atoms with Crippen molar-refractivity contribution in [3.05, 3.63) is 82.0 Å². The molecule has 35 heavy (non-hydrogen) atoms. The topological polar surface area (TPSA) is 136 Å². The maximum atomic E-state index is 12.3. The molecule has 0 amide bonds. The van der Waals surface area contributed by atoms with E-state index < -0.39 is 5.56 Å². The van der Waals surface area contributed by atoms with Gasteiger partial charge < -0.3 is 4.52 Å². The Morgan fingerprint density at radius 2 is 1.86 bits per heavy atom. The van der Waals surface area contributed by atoms with Gasteiger partial charge in [0.2, 0.25) is 17.7 Å². The second-order valence-electron chi connectivity index (χ2n) is 8.10. The van der Waals surface area contributed by atoms with Crippen LogP contribution in [0.15, 0.2) is 69.0 Å². The van der Waals surface area contributed by atoms with Gasteiger partial charge in [0, 0.05) is 11.1 Å². The van der Waals surface area contributed by atoms with Crippen molar-refractivity contribution < 1.29 is 4.52 Å². The molecule has 174 valence electrons. The molecule has 1 aliphatic rings. The summed E-state index contributed by atoms with van der Waals surface area (Å²) in [5, 5.41) is 17.6. The summed E-state index contributed by atoms with van der Waals surface area (Å²) in [7, 11) is 0. The molecule has 2 N–H and O–H groups in total. The third-order valence-corrected chi connectivity index (χ3v) is 5.66. The second-order valence-corrected chi connectivity index (χ2v) is 8.10. The van der Waals surface area contributed by atoms with E-state index >= 15 is 0 Å². The Morgan fingerprint density at radius 1 is 1.09 bits per heavy atom. The van der Waals surface area contributed by atoms with Crippen LogP contribution in [0.1, 0.15) is 29.9 Å². The minimum Gasteiger partial charge on any atom is -0.338 e. The van der Waals surface area contributed by atoms with Crippen LogP contribution in [0.3, 0.4) is 0 Å². The molecule has 0 bridgehead atoms. The van der Waals surface area contributed by atoms with Crippen LogP contribution in [0, 0.1) is 11.3 Å². The molecule has 0 spiro atoms. The van der Waals surface area contributed by atoms with Crippen molar-refractivity contribution in [2.45, 2.75) is 19.4 Å². The molecule has 2 aromatic carbocycles. The van der Waals surface area contributed by atoms with Gasteiger partial charge in [-0.1, -0.05) is 59.8 Å². The average molecular weight is 467 g/mol. The summed E-state index contributed by atoms with van der Waals surface area (Å²) < 4.78 is 5.40. The van der Waals surface area contributed by atoms with E-state index in [0.29, 0.717) is 29.5 Å². The number of nitrogens with zero attached hydrogens (tertiary/aromatic N) is 6. The van der Waals surface area contributed by atoms with Gasteiger partial charge >= 0.3 is 0 Å². The largest absolute Gasteiger partial charge is 0.338 e. The van der Waals surface area contributed by atoms with Gasteiger partial charge in [0.25, 0.3) is 5.56 Å². The van der Waals surface area contributed by atoms with E-state index in [1.54, 1.807) is 18.3 Å². The number of nitrogens with one attached hydrogen (secondary N) is 2. The zero-order chi connectivity index (χ0) is 24.0. The van der Waals surface area contributed by atoms with Gasteiger partial charge in [0.05, 0.1) is 18.5 Å². The SMILES string of the molecule is N#Cc1c(-c2ccccc2)nc(NN=Cc2ccc(-c3noc(CN4CCCC4)n3)cc2)[nH]c1=O. The molecular formula is C25H22N8O2. The highest BCUT2D eigenvalue weighted by molar-refractivity contribution is 5.81. The Bertz CT molecular complexity index is 1430. The van der Waals surface area contributed by atoms with Crippen LogP contribution in [-0.4, -0.2) is 44.3 Å². The predicted molar refractivity (Wildman–Crippen MR) is 130 cm³/mol. The van der Waals surface area contributed by atoms with E-state index in [-0.39, 0.29) is 11.5 Å². The number of benzene rings is 2. The Balaban J connectivity index is 1.26. The van der Waals surface area contributed by atoms with Crippen molar-refractivity contribution in [2.24, 2.45) is 5.10 Å². The van der Waals surface area contributed by atoms with E-state index in [1.165, 1.54) is 12.8 Å². The van der Waals surface area contributed by atoms with Gasteiger partial charge in [-0.15, -0.1) is 0 Å². The molecule has 0 unspecified atom stereocenters. The number of rotatable bonds is 7. The van der Waals surface area contributed by atoms with Gasteiger partial charge in [-0.2, -0.15) is 15.3 Å². The summed E-state index contributed by atoms with van der Waals surface area (Å²) in [6, 6.07) is 18.5. The fourth-order valence-corrected chi connectivity index (χ4v) is 3.89. The lowest BCUT2D eigenvalue weighted by atomic mass is 10.1. The van der Waals surface area contributed by atoms with E-state index in [2.05, 4.69) is 35.5 Å². The molecule has 1 aliphatic heterocycles. The molecule has 4 aromatic rings. The molecule has 0 atom stereocenters. The summed E-state index contributed by atoms with van der Waals surface area (Å²) in [5.41, 5.74) is 4.77. The lowest BCUT2D eigenvalue weighted by Gasteiger charge is -2.09. The second kappa shape index (κ2) is 10.1. The standard InChI is InChI=1S/C25H22N8O2/c26-14-20-22(18-6-2-1-3-7-18)29-25(30-24(20)34)31-27-15-17-8-10-19(11-9-17)23-28-21(35-32-23)16-33-12-4-5-13-33/h1-3,6-11,15H,4-5,12-13,16H2,(H2,29,30,31,34). The minimum atomic E-state index is -0.535. The third kappa shape index (κ3) is 5.15. The lowest BCUT2D eigenvalue weighted by Crippen LogP contribution is -2.18. The molecule has 1 fully saturated rings. The number of likely N-dealkylation sites (tertiary alicyclic amines) is 1. The lowest BCUT2D eigenvalue weighted by molar-refractivity contribution is 0.268. The molecule has 0 saturated carbocycles. The van der Waals surface area contributed by atoms with Gasteiger partial charge in [0.15, 0.2) is 0 Å². The molecule has 10 nitrogen and oxygen atoms in total. The summed E-state index contributed by atoms with van der Waals surface area (Å²) in [5.74, 6) is 1.31. The van der Waals surface area contributed by atoms with Gasteiger partial charge in [-0.3, -0.25) is 14.7 Å². The van der Waals surface area contributed by atoms with Crippen LogP contribution >= 0.6 is 0 Å². The number of hydrogen-bond donors (Lipinski definition) is 2. The average Bonchev–Trinajstić information content (AvgIpc) is 3.57. The first kappa shape index (κ1) is 22.2. The molecule has 0 aliphatic carbocycles. The van der Waals surface area contributed by atoms with E-state index in [4.69, 9.17) is 4.52 Å². The number of aromatic nitrogens is 4. The molecule has 2 aromatic heterocycles. The van der Waals surface area contributed by atoms with E-state index in [9.17, 15) is 10.1 Å². The van der Waals surface area contributed by atoms with Crippen LogP contribution in [0.25, 0.3) is 22.6 Å². The molecular weight excluding hydrogens is 444 g/mol. The smallest absolute Gasteiger partial charge is 0.270 e. The van der Waals surface area contributed by atoms with Crippen LogP contribution in [0.4, 0.5) is 5.95 Å². The highest BCUT2D eigenvalue weighted by Crippen LogP contribution is 2.20. The van der Waals surface area contributed by atoms with Gasteiger partial charge in [-0.05, 0) is 31.5 Å². The highest BCUT2D eigenvalue weighted by atomic mass is 16.5. The predicted octanol–water partition coefficient (Wildman–Crippen LogP) is 3.40. The zero-order valence-electron chi connectivity index (χ0n) is 18.8. The van der Waals surface area contributed by atoms with Crippen molar-refractivity contribution >= 4 is 12.2 Å². The van der Waals surface area contributed by atoms with Gasteiger partial charge in [0.1, 0.15) is 11.6 Å². The summed E-state index contributed by atoms with van der Waals surface area (Å²) in [6.07, 6.45) is 4.02. The third-order valence-electron chi connectivity index (χ3n) is 5.66. The monoisotopic (exact) mass is 466 g/mol. The number of anilines is 1. The van der Waals surface area contributed by atoms with Crippen LogP contribution in [-0.2, 0) is 6.54 Å². The van der Waals surface area contributed by atoms with Crippen molar-refractivity contribution in [1.82, 2.24) is 25.0 Å². The Morgan fingerprint density at radius 3 is 2.60 bits per heavy atom. The van der Waals surface area contributed by atoms with Gasteiger partial charge in [-0.25, -0.2) is 10.4 Å². The number of H-pyrrole nitrogens is 1. The molecule has 1 saturated heterocycles. The van der Waals surface area contributed by atoms with Crippen molar-refractivity contribution in [3.63, 3.8) is 0 Å². The van der Waals surface area contributed by atoms with Crippen LogP contribution in [0.5, 0.6) is 0 Å². The van der Waals surface area contributed by atoms with E-state index in [0.717, 1.165) is 24.2 Å². The number of hydrogen-bond acceptors (Lipinski definition) is 9. The zero-order valence-corrected chi connectivity index (χ0v) is 18.8. The quantitative estimate of drug-likeness (QED) is 0.312. The maximum Gasteiger partial charge on any atom is 0.270 e. The van der Waals surface area contributed by atoms with Crippen LogP contribution in [0.2, 0.25) is 0 Å². The molecule has 5 rings (SSSR count). The van der Waals surface area contributed by atoms with Crippen LogP contribution < -0.4 is 11.0 Å².